The lowest BCUT2D eigenvalue weighted by molar-refractivity contribution is -0.261. The van der Waals surface area contributed by atoms with Gasteiger partial charge in [0.25, 0.3) is 0 Å². The summed E-state index contributed by atoms with van der Waals surface area (Å²) in [4.78, 5) is 67.2. The van der Waals surface area contributed by atoms with E-state index in [9.17, 15) is 136 Å². The van der Waals surface area contributed by atoms with E-state index in [-0.39, 0.29) is 50.9 Å². The zero-order valence-electron chi connectivity index (χ0n) is 53.1. The van der Waals surface area contributed by atoms with Gasteiger partial charge in [0.05, 0.1) is 68.0 Å². The Kier molecular flexibility index (Phi) is 37.8. The molecule has 0 radical (unpaired) electrons. The number of alkyl halides is 21. The van der Waals surface area contributed by atoms with E-state index in [0.29, 0.717) is 41.5 Å². The first-order valence-electron chi connectivity index (χ1n) is 26.9. The third-order valence-electron chi connectivity index (χ3n) is 12.2. The molecule has 1 saturated heterocycles. The van der Waals surface area contributed by atoms with Crippen LogP contribution in [0.25, 0.3) is 0 Å². The number of aliphatic hydroxyl groups is 7. The molecule has 1 aliphatic heterocycles. The van der Waals surface area contributed by atoms with E-state index in [1.807, 2.05) is 0 Å². The van der Waals surface area contributed by atoms with Crippen LogP contribution in [-0.4, -0.2) is 219 Å². The van der Waals surface area contributed by atoms with Crippen LogP contribution in [0, 0.1) is 0 Å². The maximum absolute atomic E-state index is 12.5. The van der Waals surface area contributed by atoms with E-state index in [2.05, 4.69) is 61.3 Å². The van der Waals surface area contributed by atoms with Crippen LogP contribution in [0.4, 0.5) is 92.2 Å². The van der Waals surface area contributed by atoms with Gasteiger partial charge in [-0.2, -0.15) is 92.2 Å². The zero-order valence-corrected chi connectivity index (χ0v) is 53.1. The number of hydrogen-bond donors (Lipinski definition) is 7. The van der Waals surface area contributed by atoms with Crippen molar-refractivity contribution < 1.29 is 195 Å². The van der Waals surface area contributed by atoms with Crippen molar-refractivity contribution in [3.63, 3.8) is 0 Å². The van der Waals surface area contributed by atoms with Gasteiger partial charge in [-0.05, 0) is 69.2 Å². The monoisotopic (exact) mass is 1470 g/mol. The Hall–Kier alpha value is -6.31. The molecule has 0 saturated carbocycles. The normalized spacial score (nSPS) is 18.1. The van der Waals surface area contributed by atoms with Crippen molar-refractivity contribution in [1.82, 2.24) is 0 Å². The average molecular weight is 1470 g/mol. The van der Waals surface area contributed by atoms with Crippen molar-refractivity contribution in [2.45, 2.75) is 203 Å². The summed E-state index contributed by atoms with van der Waals surface area (Å²) in [6.07, 6.45) is -43.4. The number of ether oxygens (including phenoxy) is 8. The largest absolute Gasteiger partial charge is 0.463 e. The minimum Gasteiger partial charge on any atom is -0.463 e. The van der Waals surface area contributed by atoms with Crippen LogP contribution >= 0.6 is 0 Å². The van der Waals surface area contributed by atoms with Crippen LogP contribution in [0.5, 0.6) is 0 Å². The molecule has 7 N–H and O–H groups in total. The topological polar surface area (TPSA) is 318 Å². The number of esters is 6. The van der Waals surface area contributed by atoms with Gasteiger partial charge in [0, 0.05) is 37.7 Å². The van der Waals surface area contributed by atoms with E-state index in [4.69, 9.17) is 29.9 Å². The van der Waals surface area contributed by atoms with Gasteiger partial charge >= 0.3 is 79.0 Å². The van der Waals surface area contributed by atoms with Gasteiger partial charge in [-0.15, -0.1) is 0 Å². The summed E-state index contributed by atoms with van der Waals surface area (Å²) in [6.45, 7) is 20.5. The molecule has 0 spiro atoms. The van der Waals surface area contributed by atoms with E-state index < -0.39 is 199 Å². The van der Waals surface area contributed by atoms with E-state index in [1.165, 1.54) is 0 Å². The maximum Gasteiger partial charge on any atom is 0.425 e. The standard InChI is InChI=1S/C15H22F6O5.C11H17F3O5.C10H11F3O5.C10H15F3O3.C9H10F6O3/c1-9(8-25-6-5-12(3,23)14(16,17)18)11(22)26-10(2)7-13(4,24)15(19,20)21;1-8(9(16)19-6-4-15)7-18-5-3-10(2,17)11(12,13)14;1-5(9(2,16)10(11,12)13)7(14)18-6-3-4-17-8(6)15;1-6(2)16-8(14)7(3)5-9(4,15)10(11,12)13;1-4(7(3,17)9(13,14)15)6(16)18-5(2)8(10,11)12/h10,23-24H,1,5-8H2,2-4H3;15,17H,1,3-7H2,2H3;6,16H,1,3-4H2,2H3;6,15H,3,5H2,1-2,4H3;5,17H,1H2,2-3H3. The van der Waals surface area contributed by atoms with E-state index >= 15 is 0 Å². The second-order valence-corrected chi connectivity index (χ2v) is 21.9. The summed E-state index contributed by atoms with van der Waals surface area (Å²) in [7, 11) is 0. The van der Waals surface area contributed by atoms with Crippen molar-refractivity contribution in [3.8, 4) is 0 Å². The van der Waals surface area contributed by atoms with E-state index in [1.54, 1.807) is 13.8 Å². The first kappa shape index (κ1) is 97.1. The fraction of sp³-hybridized carbons (Fsp3) is 0.709. The number of carbonyl (C=O) groups excluding carboxylic acids is 6. The highest BCUT2D eigenvalue weighted by atomic mass is 19.4. The molecule has 9 unspecified atom stereocenters. The lowest BCUT2D eigenvalue weighted by Gasteiger charge is -2.28. The summed E-state index contributed by atoms with van der Waals surface area (Å²) in [5.41, 5.74) is -22.4. The summed E-state index contributed by atoms with van der Waals surface area (Å²) < 4.78 is 295. The number of hydrogen-bond acceptors (Lipinski definition) is 21. The molecular weight excluding hydrogens is 1400 g/mol. The number of rotatable bonds is 27. The van der Waals surface area contributed by atoms with Gasteiger partial charge in [-0.1, -0.05) is 32.9 Å². The maximum atomic E-state index is 12.5. The lowest BCUT2D eigenvalue weighted by Crippen LogP contribution is -2.47. The molecule has 1 aliphatic rings. The molecule has 0 amide bonds. The molecule has 0 aromatic rings. The Morgan fingerprint density at radius 3 is 1.16 bits per heavy atom. The number of aliphatic hydroxyl groups excluding tert-OH is 1. The molecule has 1 rings (SSSR count). The SMILES string of the molecule is C=C(C(=O)OC(C)C(F)(F)F)C(C)(O)C(F)(F)F.C=C(C(=O)OC1CCOC1=O)C(C)(O)C(F)(F)F.C=C(CC(C)(O)C(F)(F)F)C(=O)OC(C)C.C=C(COCCC(C)(O)C(F)(F)F)C(=O)OC(C)CC(C)(O)C(F)(F)F.C=C(COCCC(C)(O)C(F)(F)F)C(=O)OCCO. The van der Waals surface area contributed by atoms with Crippen LogP contribution in [0.15, 0.2) is 60.8 Å². The molecule has 0 aromatic heterocycles. The molecule has 568 valence electrons. The fourth-order valence-corrected chi connectivity index (χ4v) is 5.27. The molecule has 0 aromatic carbocycles. The highest BCUT2D eigenvalue weighted by molar-refractivity contribution is 5.92. The second-order valence-electron chi connectivity index (χ2n) is 21.9. The molecule has 1 heterocycles. The number of carbonyl (C=O) groups is 6. The first-order chi connectivity index (χ1) is 42.8. The summed E-state index contributed by atoms with van der Waals surface area (Å²) in [5, 5.41) is 63.3. The number of halogens is 21. The second kappa shape index (κ2) is 37.8. The smallest absolute Gasteiger partial charge is 0.425 e. The van der Waals surface area contributed by atoms with Gasteiger partial charge in [0.2, 0.25) is 6.10 Å². The molecule has 21 nitrogen and oxygen atoms in total. The molecule has 0 aliphatic carbocycles. The molecule has 0 bridgehead atoms. The van der Waals surface area contributed by atoms with Crippen molar-refractivity contribution in [2.24, 2.45) is 0 Å². The van der Waals surface area contributed by atoms with Crippen LogP contribution in [0.2, 0.25) is 0 Å². The molecule has 97 heavy (non-hydrogen) atoms. The predicted molar refractivity (Wildman–Crippen MR) is 288 cm³/mol. The van der Waals surface area contributed by atoms with Crippen molar-refractivity contribution in [3.05, 3.63) is 60.8 Å². The van der Waals surface area contributed by atoms with Crippen LogP contribution < -0.4 is 0 Å². The molecule has 42 heteroatoms. The summed E-state index contributed by atoms with van der Waals surface area (Å²) in [6, 6.07) is 0. The Morgan fingerprint density at radius 2 is 0.845 bits per heavy atom. The Bertz CT molecular complexity index is 2630. The summed E-state index contributed by atoms with van der Waals surface area (Å²) >= 11 is 0. The molecular formula is C55H75F21O21. The van der Waals surface area contributed by atoms with Crippen LogP contribution in [0.1, 0.15) is 101 Å². The average Bonchev–Trinajstić information content (AvgIpc) is 1.24. The first-order valence-corrected chi connectivity index (χ1v) is 26.9. The quantitative estimate of drug-likeness (QED) is 0.0133. The van der Waals surface area contributed by atoms with Crippen molar-refractivity contribution >= 4 is 35.8 Å². The zero-order chi connectivity index (χ0) is 78.3. The van der Waals surface area contributed by atoms with Gasteiger partial charge in [0.1, 0.15) is 12.7 Å². The van der Waals surface area contributed by atoms with Gasteiger partial charge < -0.3 is 73.6 Å². The predicted octanol–water partition coefficient (Wildman–Crippen LogP) is 8.96. The fourth-order valence-electron chi connectivity index (χ4n) is 5.27. The Labute approximate surface area is 539 Å². The van der Waals surface area contributed by atoms with Crippen molar-refractivity contribution in [1.29, 1.82) is 0 Å². The minimum atomic E-state index is -5.26. The molecule has 9 atom stereocenters. The minimum absolute atomic E-state index is 0.0267. The molecule has 1 fully saturated rings. The summed E-state index contributed by atoms with van der Waals surface area (Å²) in [5.74, 6) is -7.12. The van der Waals surface area contributed by atoms with Gasteiger partial charge in [-0.25, -0.2) is 28.8 Å². The van der Waals surface area contributed by atoms with Crippen LogP contribution in [-0.2, 0) is 66.7 Å². The third-order valence-corrected chi connectivity index (χ3v) is 12.2. The van der Waals surface area contributed by atoms with Gasteiger partial charge in [0.15, 0.2) is 39.7 Å². The Balaban J connectivity index is -0.000000563. The van der Waals surface area contributed by atoms with Crippen molar-refractivity contribution in [2.75, 3.05) is 46.2 Å². The highest BCUT2D eigenvalue weighted by Gasteiger charge is 2.57. The number of cyclic esters (lactones) is 1. The lowest BCUT2D eigenvalue weighted by atomic mass is 9.97. The third kappa shape index (κ3) is 34.4. The van der Waals surface area contributed by atoms with Gasteiger partial charge in [-0.3, -0.25) is 0 Å². The van der Waals surface area contributed by atoms with E-state index in [0.717, 1.165) is 6.92 Å². The highest BCUT2D eigenvalue weighted by Crippen LogP contribution is 2.40. The van der Waals surface area contributed by atoms with Crippen LogP contribution in [0.3, 0.4) is 0 Å². The Morgan fingerprint density at radius 1 is 0.485 bits per heavy atom.